The molecule has 5 heteroatoms. The van der Waals surface area contributed by atoms with Crippen molar-refractivity contribution in [2.75, 3.05) is 26.2 Å². The van der Waals surface area contributed by atoms with Crippen LogP contribution in [0.4, 0.5) is 4.39 Å². The Labute approximate surface area is 116 Å². The molecule has 2 heterocycles. The number of aromatic nitrogens is 1. The third-order valence-corrected chi connectivity index (χ3v) is 4.23. The summed E-state index contributed by atoms with van der Waals surface area (Å²) in [6.07, 6.45) is 1.79. The first-order chi connectivity index (χ1) is 9.36. The molecule has 1 aliphatic rings. The van der Waals surface area contributed by atoms with Gasteiger partial charge in [0.05, 0.1) is 6.04 Å². The van der Waals surface area contributed by atoms with Crippen LogP contribution in [0.2, 0.25) is 0 Å². The Morgan fingerprint density at radius 2 is 2.05 bits per heavy atom. The average Bonchev–Trinajstić information content (AvgIpc) is 2.96. The van der Waals surface area contributed by atoms with E-state index in [0.29, 0.717) is 0 Å². The van der Waals surface area contributed by atoms with E-state index in [-0.39, 0.29) is 11.9 Å². The number of benzene rings is 1. The standard InChI is InChI=1S/C14H16FN3S/c15-12-4-2-1-3-11(12)13(14-17-7-10-19-14)18-8-5-16-6-9-18/h1-4,7,10,13,16H,5-6,8-9H2. The van der Waals surface area contributed by atoms with Crippen LogP contribution < -0.4 is 5.32 Å². The maximum absolute atomic E-state index is 14.1. The maximum atomic E-state index is 14.1. The van der Waals surface area contributed by atoms with E-state index in [2.05, 4.69) is 15.2 Å². The second-order valence-corrected chi connectivity index (χ2v) is 5.51. The molecule has 19 heavy (non-hydrogen) atoms. The third-order valence-electron chi connectivity index (χ3n) is 3.40. The summed E-state index contributed by atoms with van der Waals surface area (Å²) in [5, 5.41) is 6.24. The minimum Gasteiger partial charge on any atom is -0.314 e. The minimum absolute atomic E-state index is 0.0664. The molecule has 0 bridgehead atoms. The highest BCUT2D eigenvalue weighted by molar-refractivity contribution is 7.09. The first-order valence-electron chi connectivity index (χ1n) is 6.45. The molecule has 1 unspecified atom stereocenters. The fraction of sp³-hybridized carbons (Fsp3) is 0.357. The van der Waals surface area contributed by atoms with E-state index < -0.39 is 0 Å². The zero-order valence-corrected chi connectivity index (χ0v) is 11.4. The largest absolute Gasteiger partial charge is 0.314 e. The predicted molar refractivity (Wildman–Crippen MR) is 74.8 cm³/mol. The van der Waals surface area contributed by atoms with Gasteiger partial charge in [0.1, 0.15) is 10.8 Å². The highest BCUT2D eigenvalue weighted by atomic mass is 32.1. The molecule has 1 aromatic heterocycles. The molecule has 0 aliphatic carbocycles. The van der Waals surface area contributed by atoms with Gasteiger partial charge in [0.2, 0.25) is 0 Å². The van der Waals surface area contributed by atoms with Crippen molar-refractivity contribution in [3.05, 3.63) is 52.2 Å². The highest BCUT2D eigenvalue weighted by Crippen LogP contribution is 2.31. The van der Waals surface area contributed by atoms with Crippen LogP contribution in [0.15, 0.2) is 35.8 Å². The van der Waals surface area contributed by atoms with Gasteiger partial charge in [-0.05, 0) is 6.07 Å². The summed E-state index contributed by atoms with van der Waals surface area (Å²) in [7, 11) is 0. The SMILES string of the molecule is Fc1ccccc1C(c1nccs1)N1CCNCC1. The minimum atomic E-state index is -0.152. The number of nitrogens with one attached hydrogen (secondary N) is 1. The summed E-state index contributed by atoms with van der Waals surface area (Å²) >= 11 is 1.59. The van der Waals surface area contributed by atoms with Crippen molar-refractivity contribution >= 4 is 11.3 Å². The van der Waals surface area contributed by atoms with Crippen LogP contribution in [0.25, 0.3) is 0 Å². The van der Waals surface area contributed by atoms with Gasteiger partial charge in [-0.15, -0.1) is 11.3 Å². The van der Waals surface area contributed by atoms with Gasteiger partial charge in [0.15, 0.2) is 0 Å². The van der Waals surface area contributed by atoms with Crippen molar-refractivity contribution in [1.29, 1.82) is 0 Å². The van der Waals surface area contributed by atoms with Gasteiger partial charge in [0, 0.05) is 43.3 Å². The van der Waals surface area contributed by atoms with Crippen molar-refractivity contribution in [3.63, 3.8) is 0 Å². The van der Waals surface area contributed by atoms with Crippen molar-refractivity contribution in [2.24, 2.45) is 0 Å². The van der Waals surface area contributed by atoms with Crippen molar-refractivity contribution in [1.82, 2.24) is 15.2 Å². The van der Waals surface area contributed by atoms with E-state index in [0.717, 1.165) is 36.8 Å². The Balaban J connectivity index is 1.99. The molecule has 0 amide bonds. The summed E-state index contributed by atoms with van der Waals surface area (Å²) < 4.78 is 14.1. The topological polar surface area (TPSA) is 28.2 Å². The summed E-state index contributed by atoms with van der Waals surface area (Å²) in [5.74, 6) is -0.152. The Morgan fingerprint density at radius 1 is 1.26 bits per heavy atom. The lowest BCUT2D eigenvalue weighted by Crippen LogP contribution is -2.45. The second-order valence-electron chi connectivity index (χ2n) is 4.58. The van der Waals surface area contributed by atoms with Crippen LogP contribution in [0.3, 0.4) is 0 Å². The van der Waals surface area contributed by atoms with E-state index in [9.17, 15) is 4.39 Å². The van der Waals surface area contributed by atoms with Crippen LogP contribution in [-0.4, -0.2) is 36.1 Å². The quantitative estimate of drug-likeness (QED) is 0.933. The van der Waals surface area contributed by atoms with E-state index in [1.807, 2.05) is 17.5 Å². The highest BCUT2D eigenvalue weighted by Gasteiger charge is 2.27. The van der Waals surface area contributed by atoms with E-state index in [1.165, 1.54) is 6.07 Å². The number of thiazole rings is 1. The Bertz CT molecular complexity index is 523. The van der Waals surface area contributed by atoms with Crippen LogP contribution in [-0.2, 0) is 0 Å². The van der Waals surface area contributed by atoms with Gasteiger partial charge in [-0.25, -0.2) is 9.37 Å². The molecule has 1 saturated heterocycles. The molecule has 1 aromatic carbocycles. The normalized spacial score (nSPS) is 18.4. The van der Waals surface area contributed by atoms with Crippen molar-refractivity contribution < 1.29 is 4.39 Å². The van der Waals surface area contributed by atoms with Crippen LogP contribution in [0.5, 0.6) is 0 Å². The van der Waals surface area contributed by atoms with E-state index in [4.69, 9.17) is 0 Å². The smallest absolute Gasteiger partial charge is 0.128 e. The van der Waals surface area contributed by atoms with Gasteiger partial charge >= 0.3 is 0 Å². The lowest BCUT2D eigenvalue weighted by molar-refractivity contribution is 0.195. The number of halogens is 1. The van der Waals surface area contributed by atoms with Crippen LogP contribution >= 0.6 is 11.3 Å². The summed E-state index contributed by atoms with van der Waals surface area (Å²) in [6, 6.07) is 6.95. The molecule has 1 aliphatic heterocycles. The van der Waals surface area contributed by atoms with Gasteiger partial charge in [0.25, 0.3) is 0 Å². The Kier molecular flexibility index (Phi) is 3.87. The number of rotatable bonds is 3. The fourth-order valence-electron chi connectivity index (χ4n) is 2.49. The molecule has 0 spiro atoms. The third kappa shape index (κ3) is 2.68. The first-order valence-corrected chi connectivity index (χ1v) is 7.33. The maximum Gasteiger partial charge on any atom is 0.128 e. The van der Waals surface area contributed by atoms with Gasteiger partial charge in [-0.1, -0.05) is 18.2 Å². The molecule has 100 valence electrons. The molecule has 1 atom stereocenters. The number of hydrogen-bond donors (Lipinski definition) is 1. The van der Waals surface area contributed by atoms with Gasteiger partial charge in [-0.2, -0.15) is 0 Å². The molecule has 2 aromatic rings. The van der Waals surface area contributed by atoms with Crippen molar-refractivity contribution in [3.8, 4) is 0 Å². The Morgan fingerprint density at radius 3 is 2.74 bits per heavy atom. The number of hydrogen-bond acceptors (Lipinski definition) is 4. The lowest BCUT2D eigenvalue weighted by Gasteiger charge is -2.34. The fourth-order valence-corrected chi connectivity index (χ4v) is 3.28. The van der Waals surface area contributed by atoms with Crippen LogP contribution in [0.1, 0.15) is 16.6 Å². The predicted octanol–water partition coefficient (Wildman–Crippen LogP) is 2.28. The monoisotopic (exact) mass is 277 g/mol. The molecule has 0 saturated carbocycles. The van der Waals surface area contributed by atoms with E-state index >= 15 is 0 Å². The molecular formula is C14H16FN3S. The molecular weight excluding hydrogens is 261 g/mol. The summed E-state index contributed by atoms with van der Waals surface area (Å²) in [6.45, 7) is 3.71. The average molecular weight is 277 g/mol. The second kappa shape index (κ2) is 5.77. The van der Waals surface area contributed by atoms with Gasteiger partial charge in [-0.3, -0.25) is 4.90 Å². The van der Waals surface area contributed by atoms with Crippen LogP contribution in [0, 0.1) is 5.82 Å². The van der Waals surface area contributed by atoms with Crippen molar-refractivity contribution in [2.45, 2.75) is 6.04 Å². The van der Waals surface area contributed by atoms with Gasteiger partial charge < -0.3 is 5.32 Å². The lowest BCUT2D eigenvalue weighted by atomic mass is 10.0. The first kappa shape index (κ1) is 12.7. The zero-order chi connectivity index (χ0) is 13.1. The molecule has 3 rings (SSSR count). The zero-order valence-electron chi connectivity index (χ0n) is 10.6. The number of nitrogens with zero attached hydrogens (tertiary/aromatic N) is 2. The molecule has 3 nitrogen and oxygen atoms in total. The summed E-state index contributed by atoms with van der Waals surface area (Å²) in [5.41, 5.74) is 0.722. The molecule has 1 fully saturated rings. The molecule has 0 radical (unpaired) electrons. The Hall–Kier alpha value is -1.30. The van der Waals surface area contributed by atoms with E-state index in [1.54, 1.807) is 23.6 Å². The molecule has 1 N–H and O–H groups in total. The number of piperazine rings is 1. The summed E-state index contributed by atoms with van der Waals surface area (Å²) in [4.78, 5) is 6.70.